The van der Waals surface area contributed by atoms with E-state index in [-0.39, 0.29) is 18.1 Å². The Morgan fingerprint density at radius 3 is 2.59 bits per heavy atom. The van der Waals surface area contributed by atoms with Gasteiger partial charge in [0.15, 0.2) is 5.69 Å². The molecule has 22 heavy (non-hydrogen) atoms. The van der Waals surface area contributed by atoms with E-state index in [1.165, 1.54) is 0 Å². The number of halogens is 1. The van der Waals surface area contributed by atoms with Crippen molar-refractivity contribution in [3.63, 3.8) is 0 Å². The number of hydrogen-bond acceptors (Lipinski definition) is 3. The van der Waals surface area contributed by atoms with Crippen LogP contribution < -0.4 is 0 Å². The lowest BCUT2D eigenvalue weighted by atomic mass is 10.0. The maximum Gasteiger partial charge on any atom is 0.356 e. The Labute approximate surface area is 131 Å². The number of carboxylic acids is 1. The molecule has 7 heteroatoms. The number of carbonyl (C=O) groups excluding carboxylic acids is 1. The van der Waals surface area contributed by atoms with Gasteiger partial charge in [-0.15, -0.1) is 0 Å². The van der Waals surface area contributed by atoms with Crippen LogP contribution in [0.15, 0.2) is 24.3 Å². The molecule has 1 aromatic carbocycles. The van der Waals surface area contributed by atoms with Gasteiger partial charge in [0.1, 0.15) is 0 Å². The SMILES string of the molecule is Cn1nc(C(=O)O)c2c1CCN(C(=O)c1ccc(Cl)cc1)C2. The van der Waals surface area contributed by atoms with E-state index in [2.05, 4.69) is 5.10 Å². The largest absolute Gasteiger partial charge is 0.476 e. The van der Waals surface area contributed by atoms with Crippen molar-refractivity contribution in [2.24, 2.45) is 7.05 Å². The summed E-state index contributed by atoms with van der Waals surface area (Å²) in [5.74, 6) is -1.21. The van der Waals surface area contributed by atoms with E-state index in [0.717, 1.165) is 5.69 Å². The Morgan fingerprint density at radius 1 is 1.27 bits per heavy atom. The lowest BCUT2D eigenvalue weighted by molar-refractivity contribution is 0.0674. The molecule has 0 bridgehead atoms. The molecule has 0 aliphatic carbocycles. The Balaban J connectivity index is 1.89. The third-order valence-corrected chi connectivity index (χ3v) is 4.08. The van der Waals surface area contributed by atoms with Crippen molar-refractivity contribution in [2.45, 2.75) is 13.0 Å². The molecule has 0 saturated heterocycles. The highest BCUT2D eigenvalue weighted by Crippen LogP contribution is 2.23. The van der Waals surface area contributed by atoms with Crippen molar-refractivity contribution in [1.29, 1.82) is 0 Å². The lowest BCUT2D eigenvalue weighted by Crippen LogP contribution is -2.36. The molecule has 0 atom stereocenters. The maximum absolute atomic E-state index is 12.5. The molecule has 1 aromatic heterocycles. The van der Waals surface area contributed by atoms with Crippen LogP contribution in [0.5, 0.6) is 0 Å². The predicted molar refractivity (Wildman–Crippen MR) is 80.1 cm³/mol. The molecule has 1 amide bonds. The Bertz CT molecular complexity index is 752. The fourth-order valence-electron chi connectivity index (χ4n) is 2.71. The van der Waals surface area contributed by atoms with E-state index in [1.54, 1.807) is 40.9 Å². The molecule has 2 aromatic rings. The summed E-state index contributed by atoms with van der Waals surface area (Å²) in [4.78, 5) is 25.4. The van der Waals surface area contributed by atoms with Gasteiger partial charge >= 0.3 is 5.97 Å². The van der Waals surface area contributed by atoms with Gasteiger partial charge < -0.3 is 10.0 Å². The van der Waals surface area contributed by atoms with Gasteiger partial charge in [-0.2, -0.15) is 5.10 Å². The number of amides is 1. The van der Waals surface area contributed by atoms with Gasteiger partial charge in [-0.1, -0.05) is 11.6 Å². The van der Waals surface area contributed by atoms with Crippen molar-refractivity contribution in [3.05, 3.63) is 51.8 Å². The first kappa shape index (κ1) is 14.6. The number of rotatable bonds is 2. The van der Waals surface area contributed by atoms with Gasteiger partial charge in [-0.3, -0.25) is 9.48 Å². The molecule has 3 rings (SSSR count). The number of carbonyl (C=O) groups is 2. The van der Waals surface area contributed by atoms with Crippen molar-refractivity contribution >= 4 is 23.5 Å². The number of benzene rings is 1. The van der Waals surface area contributed by atoms with Crippen LogP contribution >= 0.6 is 11.6 Å². The minimum absolute atomic E-state index is 0.0195. The first-order chi connectivity index (χ1) is 10.5. The molecule has 2 heterocycles. The van der Waals surface area contributed by atoms with E-state index in [9.17, 15) is 14.7 Å². The summed E-state index contributed by atoms with van der Waals surface area (Å²) in [6.45, 7) is 0.791. The smallest absolute Gasteiger partial charge is 0.356 e. The van der Waals surface area contributed by atoms with Crippen LogP contribution in [0.1, 0.15) is 32.1 Å². The molecule has 114 valence electrons. The average Bonchev–Trinajstić information content (AvgIpc) is 2.84. The van der Waals surface area contributed by atoms with Crippen LogP contribution in [-0.2, 0) is 20.0 Å². The highest BCUT2D eigenvalue weighted by molar-refractivity contribution is 6.30. The van der Waals surface area contributed by atoms with Crippen LogP contribution in [0.4, 0.5) is 0 Å². The van der Waals surface area contributed by atoms with Crippen LogP contribution in [0.2, 0.25) is 5.02 Å². The zero-order valence-corrected chi connectivity index (χ0v) is 12.7. The normalized spacial score (nSPS) is 13.8. The summed E-state index contributed by atoms with van der Waals surface area (Å²) in [7, 11) is 1.72. The van der Waals surface area contributed by atoms with Gasteiger partial charge in [0.25, 0.3) is 5.91 Å². The molecular formula is C15H14ClN3O3. The molecule has 1 aliphatic rings. The second kappa shape index (κ2) is 5.46. The van der Waals surface area contributed by atoms with Gasteiger partial charge in [-0.25, -0.2) is 4.79 Å². The molecule has 6 nitrogen and oxygen atoms in total. The third kappa shape index (κ3) is 2.46. The first-order valence-electron chi connectivity index (χ1n) is 6.80. The van der Waals surface area contributed by atoms with Crippen molar-refractivity contribution < 1.29 is 14.7 Å². The first-order valence-corrected chi connectivity index (χ1v) is 7.18. The molecule has 0 radical (unpaired) electrons. The number of aryl methyl sites for hydroxylation is 1. The monoisotopic (exact) mass is 319 g/mol. The van der Waals surface area contributed by atoms with E-state index < -0.39 is 5.97 Å². The Morgan fingerprint density at radius 2 is 1.95 bits per heavy atom. The van der Waals surface area contributed by atoms with Crippen LogP contribution in [-0.4, -0.2) is 38.2 Å². The van der Waals surface area contributed by atoms with E-state index in [0.29, 0.717) is 29.1 Å². The topological polar surface area (TPSA) is 75.4 Å². The Kier molecular flexibility index (Phi) is 3.62. The zero-order chi connectivity index (χ0) is 15.9. The molecule has 1 N–H and O–H groups in total. The minimum Gasteiger partial charge on any atom is -0.476 e. The Hall–Kier alpha value is -2.34. The number of nitrogens with zero attached hydrogens (tertiary/aromatic N) is 3. The number of fused-ring (bicyclic) bond motifs is 1. The number of hydrogen-bond donors (Lipinski definition) is 1. The number of carboxylic acid groups (broad SMARTS) is 1. The molecule has 0 spiro atoms. The van der Waals surface area contributed by atoms with Crippen molar-refractivity contribution in [3.8, 4) is 0 Å². The summed E-state index contributed by atoms with van der Waals surface area (Å²) in [6, 6.07) is 6.66. The second-order valence-electron chi connectivity index (χ2n) is 5.19. The van der Waals surface area contributed by atoms with Gasteiger partial charge in [0, 0.05) is 41.9 Å². The molecule has 1 aliphatic heterocycles. The number of aromatic carboxylic acids is 1. The lowest BCUT2D eigenvalue weighted by Gasteiger charge is -2.27. The summed E-state index contributed by atoms with van der Waals surface area (Å²) in [6.07, 6.45) is 0.589. The highest BCUT2D eigenvalue weighted by atomic mass is 35.5. The second-order valence-corrected chi connectivity index (χ2v) is 5.62. The third-order valence-electron chi connectivity index (χ3n) is 3.82. The maximum atomic E-state index is 12.5. The molecule has 0 unspecified atom stereocenters. The van der Waals surface area contributed by atoms with Crippen LogP contribution in [0, 0.1) is 0 Å². The zero-order valence-electron chi connectivity index (χ0n) is 11.9. The van der Waals surface area contributed by atoms with Gasteiger partial charge in [-0.05, 0) is 24.3 Å². The van der Waals surface area contributed by atoms with E-state index in [4.69, 9.17) is 11.6 Å². The van der Waals surface area contributed by atoms with Crippen LogP contribution in [0.3, 0.4) is 0 Å². The fourth-order valence-corrected chi connectivity index (χ4v) is 2.84. The summed E-state index contributed by atoms with van der Waals surface area (Å²) < 4.78 is 1.59. The molecular weight excluding hydrogens is 306 g/mol. The summed E-state index contributed by atoms with van der Waals surface area (Å²) in [5, 5.41) is 13.8. The summed E-state index contributed by atoms with van der Waals surface area (Å²) >= 11 is 5.83. The predicted octanol–water partition coefficient (Wildman–Crippen LogP) is 1.97. The van der Waals surface area contributed by atoms with E-state index in [1.807, 2.05) is 0 Å². The van der Waals surface area contributed by atoms with E-state index >= 15 is 0 Å². The van der Waals surface area contributed by atoms with Crippen molar-refractivity contribution in [2.75, 3.05) is 6.54 Å². The standard InChI is InChI=1S/C15H14ClN3O3/c1-18-12-6-7-19(8-11(12)13(17-18)15(21)22)14(20)9-2-4-10(16)5-3-9/h2-5H,6-8H2,1H3,(H,21,22). The van der Waals surface area contributed by atoms with Gasteiger partial charge in [0.05, 0.1) is 6.54 Å². The fraction of sp³-hybridized carbons (Fsp3) is 0.267. The number of aromatic nitrogens is 2. The average molecular weight is 320 g/mol. The molecule has 0 saturated carbocycles. The molecule has 0 fully saturated rings. The van der Waals surface area contributed by atoms with Crippen LogP contribution in [0.25, 0.3) is 0 Å². The van der Waals surface area contributed by atoms with Gasteiger partial charge in [0.2, 0.25) is 0 Å². The quantitative estimate of drug-likeness (QED) is 0.918. The van der Waals surface area contributed by atoms with Crippen molar-refractivity contribution in [1.82, 2.24) is 14.7 Å². The summed E-state index contributed by atoms with van der Waals surface area (Å²) in [5.41, 5.74) is 2.04. The highest BCUT2D eigenvalue weighted by Gasteiger charge is 2.29. The minimum atomic E-state index is -1.07.